The lowest BCUT2D eigenvalue weighted by atomic mass is 10.2. The van der Waals surface area contributed by atoms with Gasteiger partial charge in [-0.1, -0.05) is 23.8 Å². The van der Waals surface area contributed by atoms with E-state index in [1.165, 1.54) is 7.11 Å². The fraction of sp³-hybridized carbons (Fsp3) is 0.273. The molecule has 0 amide bonds. The number of nitrogens with two attached hydrogens (primary N) is 1. The van der Waals surface area contributed by atoms with Crippen LogP contribution in [0.1, 0.15) is 12.0 Å². The minimum absolute atomic E-state index is 0.186. The Balaban J connectivity index is 2.59. The molecule has 0 unspecified atom stereocenters. The zero-order valence-electron chi connectivity index (χ0n) is 9.23. The molecule has 17 heavy (non-hydrogen) atoms. The maximum atomic E-state index is 10.9. The third-order valence-corrected chi connectivity index (χ3v) is 2.54. The van der Waals surface area contributed by atoms with Gasteiger partial charge in [-0.25, -0.2) is 0 Å². The van der Waals surface area contributed by atoms with Crippen molar-refractivity contribution < 1.29 is 14.3 Å². The van der Waals surface area contributed by atoms with E-state index < -0.39 is 0 Å². The lowest BCUT2D eigenvalue weighted by molar-refractivity contribution is -0.141. The van der Waals surface area contributed by atoms with Crippen molar-refractivity contribution in [1.82, 2.24) is 0 Å². The number of carbonyl (C=O) groups is 1. The number of rotatable bonds is 5. The molecule has 0 spiro atoms. The molecule has 0 aliphatic heterocycles. The van der Waals surface area contributed by atoms with Crippen molar-refractivity contribution in [3.63, 3.8) is 0 Å². The standard InChI is InChI=1S/C11H12ClNO3S/c1-15-10(14)4-5-16-7-2-3-8(11(13)17)9(12)6-7/h2-3,6H,4-5H2,1H3,(H2,13,17). The molecule has 0 aliphatic carbocycles. The first kappa shape index (κ1) is 13.7. The van der Waals surface area contributed by atoms with Gasteiger partial charge in [-0.2, -0.15) is 0 Å². The van der Waals surface area contributed by atoms with Crippen molar-refractivity contribution in [3.8, 4) is 5.75 Å². The Hall–Kier alpha value is -1.33. The smallest absolute Gasteiger partial charge is 0.308 e. The van der Waals surface area contributed by atoms with E-state index in [4.69, 9.17) is 34.3 Å². The number of hydrogen-bond acceptors (Lipinski definition) is 4. The summed E-state index contributed by atoms with van der Waals surface area (Å²) in [4.78, 5) is 11.1. The summed E-state index contributed by atoms with van der Waals surface area (Å²) >= 11 is 10.8. The second-order valence-electron chi connectivity index (χ2n) is 3.18. The van der Waals surface area contributed by atoms with Gasteiger partial charge in [0.2, 0.25) is 0 Å². The molecule has 4 nitrogen and oxygen atoms in total. The van der Waals surface area contributed by atoms with Crippen molar-refractivity contribution in [2.75, 3.05) is 13.7 Å². The fourth-order valence-corrected chi connectivity index (χ4v) is 1.65. The quantitative estimate of drug-likeness (QED) is 0.656. The second kappa shape index (κ2) is 6.42. The highest BCUT2D eigenvalue weighted by Gasteiger charge is 2.06. The zero-order chi connectivity index (χ0) is 12.8. The van der Waals surface area contributed by atoms with Gasteiger partial charge in [0.25, 0.3) is 0 Å². The third-order valence-electron chi connectivity index (χ3n) is 2.01. The lowest BCUT2D eigenvalue weighted by Gasteiger charge is -2.07. The first-order valence-corrected chi connectivity index (χ1v) is 5.62. The Morgan fingerprint density at radius 1 is 1.53 bits per heavy atom. The van der Waals surface area contributed by atoms with Crippen LogP contribution in [0.5, 0.6) is 5.75 Å². The van der Waals surface area contributed by atoms with Crippen LogP contribution in [0.4, 0.5) is 0 Å². The van der Waals surface area contributed by atoms with E-state index in [-0.39, 0.29) is 24.0 Å². The van der Waals surface area contributed by atoms with Crippen molar-refractivity contribution in [3.05, 3.63) is 28.8 Å². The van der Waals surface area contributed by atoms with E-state index >= 15 is 0 Å². The maximum Gasteiger partial charge on any atom is 0.308 e. The summed E-state index contributed by atoms with van der Waals surface area (Å²) < 4.78 is 9.81. The monoisotopic (exact) mass is 273 g/mol. The lowest BCUT2D eigenvalue weighted by Crippen LogP contribution is -2.10. The van der Waals surface area contributed by atoms with Gasteiger partial charge < -0.3 is 15.2 Å². The molecule has 92 valence electrons. The number of thiocarbonyl (C=S) groups is 1. The second-order valence-corrected chi connectivity index (χ2v) is 4.03. The SMILES string of the molecule is COC(=O)CCOc1ccc(C(N)=S)c(Cl)c1. The van der Waals surface area contributed by atoms with Crippen LogP contribution in [0.3, 0.4) is 0 Å². The number of methoxy groups -OCH3 is 1. The Bertz CT molecular complexity index is 437. The van der Waals surface area contributed by atoms with Crippen molar-refractivity contribution in [1.29, 1.82) is 0 Å². The minimum Gasteiger partial charge on any atom is -0.493 e. The highest BCUT2D eigenvalue weighted by atomic mass is 35.5. The normalized spacial score (nSPS) is 9.76. The van der Waals surface area contributed by atoms with Gasteiger partial charge in [0.1, 0.15) is 10.7 Å². The summed E-state index contributed by atoms with van der Waals surface area (Å²) in [7, 11) is 1.33. The zero-order valence-corrected chi connectivity index (χ0v) is 10.8. The molecule has 0 radical (unpaired) electrons. The molecular weight excluding hydrogens is 262 g/mol. The van der Waals surface area contributed by atoms with Crippen LogP contribution >= 0.6 is 23.8 Å². The third kappa shape index (κ3) is 4.20. The minimum atomic E-state index is -0.323. The molecule has 0 aromatic heterocycles. The average Bonchev–Trinajstić information content (AvgIpc) is 2.28. The van der Waals surface area contributed by atoms with Crippen molar-refractivity contribution in [2.45, 2.75) is 6.42 Å². The van der Waals surface area contributed by atoms with Gasteiger partial charge in [-0.15, -0.1) is 0 Å². The number of ether oxygens (including phenoxy) is 2. The summed E-state index contributed by atoms with van der Waals surface area (Å²) in [5.74, 6) is 0.231. The van der Waals surface area contributed by atoms with E-state index in [2.05, 4.69) is 4.74 Å². The Morgan fingerprint density at radius 2 is 2.24 bits per heavy atom. The summed E-state index contributed by atoms with van der Waals surface area (Å²) in [6, 6.07) is 4.98. The molecule has 6 heteroatoms. The molecule has 1 aromatic carbocycles. The largest absolute Gasteiger partial charge is 0.493 e. The van der Waals surface area contributed by atoms with Gasteiger partial charge in [0.15, 0.2) is 0 Å². The first-order valence-electron chi connectivity index (χ1n) is 4.83. The van der Waals surface area contributed by atoms with E-state index in [9.17, 15) is 4.79 Å². The summed E-state index contributed by atoms with van der Waals surface area (Å²) in [6.45, 7) is 0.232. The Kier molecular flexibility index (Phi) is 5.18. The van der Waals surface area contributed by atoms with E-state index in [0.717, 1.165) is 0 Å². The highest BCUT2D eigenvalue weighted by Crippen LogP contribution is 2.22. The van der Waals surface area contributed by atoms with Gasteiger partial charge in [0, 0.05) is 5.56 Å². The molecule has 1 aromatic rings. The van der Waals surface area contributed by atoms with Gasteiger partial charge in [-0.3, -0.25) is 4.79 Å². The predicted octanol–water partition coefficient (Wildman–Crippen LogP) is 1.92. The Morgan fingerprint density at radius 3 is 2.76 bits per heavy atom. The molecule has 0 aliphatic rings. The van der Waals surface area contributed by atoms with Gasteiger partial charge in [0.05, 0.1) is 25.2 Å². The summed E-state index contributed by atoms with van der Waals surface area (Å²) in [5.41, 5.74) is 6.07. The number of halogens is 1. The molecule has 0 bridgehead atoms. The number of carbonyl (C=O) groups excluding carboxylic acids is 1. The number of esters is 1. The maximum absolute atomic E-state index is 10.9. The van der Waals surface area contributed by atoms with Crippen LogP contribution < -0.4 is 10.5 Å². The van der Waals surface area contributed by atoms with Crippen LogP contribution in [0.15, 0.2) is 18.2 Å². The predicted molar refractivity (Wildman–Crippen MR) is 69.5 cm³/mol. The Labute approximate surface area is 110 Å². The molecule has 0 fully saturated rings. The fourth-order valence-electron chi connectivity index (χ4n) is 1.14. The van der Waals surface area contributed by atoms with Crippen molar-refractivity contribution >= 4 is 34.8 Å². The van der Waals surface area contributed by atoms with Gasteiger partial charge >= 0.3 is 5.97 Å². The molecule has 0 heterocycles. The van der Waals surface area contributed by atoms with E-state index in [1.54, 1.807) is 18.2 Å². The van der Waals surface area contributed by atoms with Crippen LogP contribution in [-0.4, -0.2) is 24.7 Å². The molecule has 1 rings (SSSR count). The highest BCUT2D eigenvalue weighted by molar-refractivity contribution is 7.80. The van der Waals surface area contributed by atoms with Crippen LogP contribution in [0.2, 0.25) is 5.02 Å². The van der Waals surface area contributed by atoms with Crippen LogP contribution in [0.25, 0.3) is 0 Å². The first-order chi connectivity index (χ1) is 8.04. The molecule has 2 N–H and O–H groups in total. The number of benzene rings is 1. The summed E-state index contributed by atoms with van der Waals surface area (Å²) in [6.07, 6.45) is 0.186. The summed E-state index contributed by atoms with van der Waals surface area (Å²) in [5, 5.41) is 0.424. The van der Waals surface area contributed by atoms with Crippen LogP contribution in [-0.2, 0) is 9.53 Å². The average molecular weight is 274 g/mol. The number of hydrogen-bond donors (Lipinski definition) is 1. The topological polar surface area (TPSA) is 61.5 Å². The van der Waals surface area contributed by atoms with Crippen molar-refractivity contribution in [2.24, 2.45) is 5.73 Å². The molecule has 0 saturated heterocycles. The van der Waals surface area contributed by atoms with E-state index in [0.29, 0.717) is 16.3 Å². The molecular formula is C11H12ClNO3S. The van der Waals surface area contributed by atoms with E-state index in [1.807, 2.05) is 0 Å². The molecule has 0 atom stereocenters. The van der Waals surface area contributed by atoms with Crippen LogP contribution in [0, 0.1) is 0 Å². The van der Waals surface area contributed by atoms with Gasteiger partial charge in [-0.05, 0) is 18.2 Å². The molecule has 0 saturated carbocycles.